The summed E-state index contributed by atoms with van der Waals surface area (Å²) in [4.78, 5) is 30.0. The molecule has 1 N–H and O–H groups in total. The highest BCUT2D eigenvalue weighted by atomic mass is 16.2. The lowest BCUT2D eigenvalue weighted by Gasteiger charge is -2.11. The van der Waals surface area contributed by atoms with Crippen molar-refractivity contribution in [2.45, 2.75) is 57.0 Å². The molecule has 7 nitrogen and oxygen atoms in total. The number of rotatable bonds is 4. The van der Waals surface area contributed by atoms with Gasteiger partial charge in [-0.05, 0) is 37.8 Å². The van der Waals surface area contributed by atoms with Gasteiger partial charge in [0.2, 0.25) is 5.91 Å². The fourth-order valence-electron chi connectivity index (χ4n) is 3.92. The van der Waals surface area contributed by atoms with Crippen LogP contribution in [0.1, 0.15) is 50.3 Å². The highest BCUT2D eigenvalue weighted by molar-refractivity contribution is 5.91. The fourth-order valence-corrected chi connectivity index (χ4v) is 3.92. The van der Waals surface area contributed by atoms with Crippen molar-refractivity contribution in [1.82, 2.24) is 24.5 Å². The number of carbonyl (C=O) groups excluding carboxylic acids is 1. The van der Waals surface area contributed by atoms with Crippen LogP contribution in [0.3, 0.4) is 0 Å². The molecule has 1 aromatic carbocycles. The lowest BCUT2D eigenvalue weighted by atomic mass is 10.2. The summed E-state index contributed by atoms with van der Waals surface area (Å²) in [5, 5.41) is 8.35. The van der Waals surface area contributed by atoms with Crippen molar-refractivity contribution in [2.24, 2.45) is 0 Å². The molecule has 2 aliphatic rings. The van der Waals surface area contributed by atoms with Gasteiger partial charge in [-0.1, -0.05) is 25.0 Å². The molecule has 0 spiro atoms. The summed E-state index contributed by atoms with van der Waals surface area (Å²) in [7, 11) is 0. The number of benzene rings is 1. The van der Waals surface area contributed by atoms with E-state index in [1.54, 1.807) is 4.40 Å². The molecule has 26 heavy (non-hydrogen) atoms. The van der Waals surface area contributed by atoms with Crippen LogP contribution in [0.2, 0.25) is 0 Å². The van der Waals surface area contributed by atoms with Crippen molar-refractivity contribution in [3.8, 4) is 0 Å². The summed E-state index contributed by atoms with van der Waals surface area (Å²) in [6, 6.07) is 7.95. The third kappa shape index (κ3) is 2.58. The Bertz CT molecular complexity index is 1060. The maximum atomic E-state index is 12.9. The molecular formula is C19H21N5O2. The van der Waals surface area contributed by atoms with E-state index in [-0.39, 0.29) is 24.2 Å². The number of nitrogens with one attached hydrogen (secondary N) is 1. The minimum Gasteiger partial charge on any atom is -0.352 e. The SMILES string of the molecule is O=C(Cn1nc2c3ccccc3nc(C3CC3)n2c1=O)NC1CCCC1. The van der Waals surface area contributed by atoms with Gasteiger partial charge in [0.1, 0.15) is 12.4 Å². The predicted molar refractivity (Wildman–Crippen MR) is 97.1 cm³/mol. The second-order valence-electron chi connectivity index (χ2n) is 7.41. The highest BCUT2D eigenvalue weighted by Crippen LogP contribution is 2.39. The molecule has 7 heteroatoms. The van der Waals surface area contributed by atoms with Gasteiger partial charge in [0, 0.05) is 17.3 Å². The minimum atomic E-state index is -0.276. The van der Waals surface area contributed by atoms with E-state index in [0.717, 1.165) is 55.3 Å². The first kappa shape index (κ1) is 15.5. The van der Waals surface area contributed by atoms with Crippen LogP contribution in [-0.4, -0.2) is 31.1 Å². The van der Waals surface area contributed by atoms with Gasteiger partial charge in [0.25, 0.3) is 0 Å². The first-order chi connectivity index (χ1) is 12.7. The minimum absolute atomic E-state index is 0.0462. The zero-order chi connectivity index (χ0) is 17.7. The van der Waals surface area contributed by atoms with Crippen LogP contribution < -0.4 is 11.0 Å². The van der Waals surface area contributed by atoms with Crippen molar-refractivity contribution in [2.75, 3.05) is 0 Å². The van der Waals surface area contributed by atoms with E-state index in [2.05, 4.69) is 10.4 Å². The van der Waals surface area contributed by atoms with Gasteiger partial charge in [-0.15, -0.1) is 5.10 Å². The first-order valence-electron chi connectivity index (χ1n) is 9.38. The second-order valence-corrected chi connectivity index (χ2v) is 7.41. The lowest BCUT2D eigenvalue weighted by Crippen LogP contribution is -2.37. The Morgan fingerprint density at radius 3 is 2.69 bits per heavy atom. The third-order valence-electron chi connectivity index (χ3n) is 5.40. The summed E-state index contributed by atoms with van der Waals surface area (Å²) in [5.74, 6) is 0.934. The van der Waals surface area contributed by atoms with Crippen molar-refractivity contribution < 1.29 is 4.79 Å². The zero-order valence-electron chi connectivity index (χ0n) is 14.5. The monoisotopic (exact) mass is 351 g/mol. The molecule has 1 amide bonds. The second kappa shape index (κ2) is 5.93. The van der Waals surface area contributed by atoms with Gasteiger partial charge in [-0.25, -0.2) is 18.9 Å². The third-order valence-corrected chi connectivity index (χ3v) is 5.40. The van der Waals surface area contributed by atoms with Crippen molar-refractivity contribution >= 4 is 22.5 Å². The Morgan fingerprint density at radius 1 is 1.15 bits per heavy atom. The number of para-hydroxylation sites is 1. The van der Waals surface area contributed by atoms with E-state index in [1.807, 2.05) is 24.3 Å². The normalized spacial score (nSPS) is 18.0. The van der Waals surface area contributed by atoms with E-state index in [1.165, 1.54) is 4.68 Å². The number of nitrogens with zero attached hydrogens (tertiary/aromatic N) is 4. The van der Waals surface area contributed by atoms with Crippen molar-refractivity contribution in [3.63, 3.8) is 0 Å². The van der Waals surface area contributed by atoms with Gasteiger partial charge >= 0.3 is 5.69 Å². The topological polar surface area (TPSA) is 81.3 Å². The van der Waals surface area contributed by atoms with Gasteiger partial charge in [0.15, 0.2) is 5.65 Å². The number of aromatic nitrogens is 4. The van der Waals surface area contributed by atoms with Crippen LogP contribution in [0.25, 0.3) is 16.6 Å². The fraction of sp³-hybridized carbons (Fsp3) is 0.474. The quantitative estimate of drug-likeness (QED) is 0.779. The number of carbonyl (C=O) groups is 1. The van der Waals surface area contributed by atoms with Gasteiger partial charge in [-0.3, -0.25) is 4.79 Å². The number of hydrogen-bond donors (Lipinski definition) is 1. The Hall–Kier alpha value is -2.70. The molecule has 2 aliphatic carbocycles. The van der Waals surface area contributed by atoms with E-state index < -0.39 is 0 Å². The van der Waals surface area contributed by atoms with Crippen molar-refractivity contribution in [1.29, 1.82) is 0 Å². The average Bonchev–Trinajstić information content (AvgIpc) is 3.28. The maximum Gasteiger partial charge on any atom is 0.352 e. The number of hydrogen-bond acceptors (Lipinski definition) is 4. The molecule has 0 radical (unpaired) electrons. The van der Waals surface area contributed by atoms with Crippen LogP contribution in [0.5, 0.6) is 0 Å². The summed E-state index contributed by atoms with van der Waals surface area (Å²) >= 11 is 0. The largest absolute Gasteiger partial charge is 0.352 e. The molecule has 2 aromatic heterocycles. The Balaban J connectivity index is 1.57. The van der Waals surface area contributed by atoms with Crippen LogP contribution in [0.15, 0.2) is 29.1 Å². The lowest BCUT2D eigenvalue weighted by molar-refractivity contribution is -0.122. The molecule has 2 heterocycles. The molecule has 5 rings (SSSR count). The molecule has 0 bridgehead atoms. The predicted octanol–water partition coefficient (Wildman–Crippen LogP) is 1.98. The summed E-state index contributed by atoms with van der Waals surface area (Å²) < 4.78 is 2.88. The summed E-state index contributed by atoms with van der Waals surface area (Å²) in [5.41, 5.74) is 1.16. The van der Waals surface area contributed by atoms with Crippen LogP contribution in [0.4, 0.5) is 0 Å². The molecule has 2 saturated carbocycles. The molecule has 134 valence electrons. The molecule has 3 aromatic rings. The smallest absolute Gasteiger partial charge is 0.352 e. The zero-order valence-corrected chi connectivity index (χ0v) is 14.5. The van der Waals surface area contributed by atoms with E-state index in [9.17, 15) is 9.59 Å². The van der Waals surface area contributed by atoms with Gasteiger partial charge in [0.05, 0.1) is 5.52 Å². The molecule has 0 unspecified atom stereocenters. The van der Waals surface area contributed by atoms with Crippen molar-refractivity contribution in [3.05, 3.63) is 40.6 Å². The molecule has 2 fully saturated rings. The first-order valence-corrected chi connectivity index (χ1v) is 9.38. The van der Waals surface area contributed by atoms with Gasteiger partial charge < -0.3 is 5.32 Å². The molecule has 0 aliphatic heterocycles. The number of amides is 1. The highest BCUT2D eigenvalue weighted by Gasteiger charge is 2.30. The standard InChI is InChI=1S/C19H21N5O2/c25-16(20-13-5-1-2-6-13)11-23-19(26)24-17(12-9-10-12)21-15-8-4-3-7-14(15)18(24)22-23/h3-4,7-8,12-13H,1-2,5-6,9-11H2,(H,20,25). The average molecular weight is 351 g/mol. The Labute approximate surface area is 150 Å². The van der Waals surface area contributed by atoms with E-state index in [4.69, 9.17) is 4.98 Å². The molecular weight excluding hydrogens is 330 g/mol. The number of fused-ring (bicyclic) bond motifs is 3. The van der Waals surface area contributed by atoms with Gasteiger partial charge in [-0.2, -0.15) is 0 Å². The molecule has 0 atom stereocenters. The summed E-state index contributed by atoms with van der Waals surface area (Å²) in [6.07, 6.45) is 6.43. The van der Waals surface area contributed by atoms with Crippen LogP contribution >= 0.6 is 0 Å². The van der Waals surface area contributed by atoms with Crippen LogP contribution in [0, 0.1) is 0 Å². The van der Waals surface area contributed by atoms with E-state index >= 15 is 0 Å². The molecule has 0 saturated heterocycles. The Kier molecular flexibility index (Phi) is 3.55. The Morgan fingerprint density at radius 2 is 1.92 bits per heavy atom. The maximum absolute atomic E-state index is 12.9. The van der Waals surface area contributed by atoms with E-state index in [0.29, 0.717) is 11.6 Å². The summed E-state index contributed by atoms with van der Waals surface area (Å²) in [6.45, 7) is -0.0462. The van der Waals surface area contributed by atoms with Crippen LogP contribution in [-0.2, 0) is 11.3 Å².